The van der Waals surface area contributed by atoms with Gasteiger partial charge in [-0.05, 0) is 6.92 Å². The van der Waals surface area contributed by atoms with E-state index < -0.39 is 9.33 Å². The monoisotopic (exact) mass is 231 g/mol. The number of halogens is 1. The summed E-state index contributed by atoms with van der Waals surface area (Å²) in [6.45, 7) is 2.08. The molecule has 1 rings (SSSR count). The fraction of sp³-hybridized carbons (Fsp3) is 0.143. The van der Waals surface area contributed by atoms with E-state index in [-0.39, 0.29) is 29.6 Å². The van der Waals surface area contributed by atoms with Crippen LogP contribution in [0.4, 0.5) is 0 Å². The van der Waals surface area contributed by atoms with Crippen molar-refractivity contribution in [3.05, 3.63) is 35.9 Å². The second-order valence-electron chi connectivity index (χ2n) is 2.07. The van der Waals surface area contributed by atoms with Crippen molar-refractivity contribution in [3.8, 4) is 0 Å². The average molecular weight is 232 g/mol. The fourth-order valence-corrected chi connectivity index (χ4v) is 0.534. The van der Waals surface area contributed by atoms with Gasteiger partial charge in [-0.3, -0.25) is 4.55 Å². The number of hydrogen-bond donors (Lipinski definition) is 1. The summed E-state index contributed by atoms with van der Waals surface area (Å²) in [4.78, 5) is 0. The van der Waals surface area contributed by atoms with Crippen LogP contribution < -0.4 is 29.6 Å². The number of aryl methyl sites for hydroxylation is 1. The van der Waals surface area contributed by atoms with E-state index in [2.05, 4.69) is 29.7 Å². The molecule has 0 aromatic heterocycles. The minimum atomic E-state index is -4.19. The maximum Gasteiger partial charge on any atom is 1.00 e. The molecule has 13 heavy (non-hydrogen) atoms. The third kappa shape index (κ3) is 19.0. The minimum absolute atomic E-state index is 0. The van der Waals surface area contributed by atoms with Gasteiger partial charge in [-0.1, -0.05) is 35.9 Å². The van der Waals surface area contributed by atoms with E-state index in [1.54, 1.807) is 0 Å². The Bertz CT molecular complexity index is 304. The Labute approximate surface area is 105 Å². The Morgan fingerprint density at radius 2 is 1.54 bits per heavy atom. The Morgan fingerprint density at radius 1 is 1.23 bits per heavy atom. The SMILES string of the molecule is Cc1ccccc1.O=S(=O)(O)Cl.[Na+]. The molecule has 68 valence electrons. The van der Waals surface area contributed by atoms with Gasteiger partial charge in [-0.25, -0.2) is 0 Å². The van der Waals surface area contributed by atoms with E-state index in [0.29, 0.717) is 0 Å². The third-order valence-electron chi connectivity index (χ3n) is 0.940. The van der Waals surface area contributed by atoms with Crippen molar-refractivity contribution < 1.29 is 42.5 Å². The van der Waals surface area contributed by atoms with E-state index in [1.807, 2.05) is 18.2 Å². The standard InChI is InChI=1S/C7H8.ClHO3S.Na/c1-7-5-3-2-4-6-7;1-5(2,3)4;/h2-6H,1H3;(H,2,3,4);/q;;+1. The third-order valence-corrected chi connectivity index (χ3v) is 0.940. The Morgan fingerprint density at radius 3 is 1.69 bits per heavy atom. The molecule has 0 amide bonds. The van der Waals surface area contributed by atoms with E-state index in [0.717, 1.165) is 0 Å². The first kappa shape index (κ1) is 15.9. The Balaban J connectivity index is 0. The molecule has 0 saturated carbocycles. The van der Waals surface area contributed by atoms with Crippen LogP contribution in [-0.4, -0.2) is 13.0 Å². The largest absolute Gasteiger partial charge is 1.00 e. The molecule has 0 aliphatic heterocycles. The minimum Gasteiger partial charge on any atom is -0.273 e. The summed E-state index contributed by atoms with van der Waals surface area (Å²) in [6.07, 6.45) is 0. The van der Waals surface area contributed by atoms with Gasteiger partial charge in [0, 0.05) is 10.7 Å². The van der Waals surface area contributed by atoms with Crippen LogP contribution in [0.2, 0.25) is 0 Å². The molecule has 0 aliphatic carbocycles. The number of hydrogen-bond acceptors (Lipinski definition) is 2. The molecule has 0 aliphatic rings. The molecule has 0 saturated heterocycles. The van der Waals surface area contributed by atoms with Gasteiger partial charge in [0.05, 0.1) is 0 Å². The molecular formula is C7H9ClNaO3S+. The van der Waals surface area contributed by atoms with Crippen LogP contribution in [0.1, 0.15) is 5.56 Å². The fourth-order valence-electron chi connectivity index (χ4n) is 0.534. The number of benzene rings is 1. The summed E-state index contributed by atoms with van der Waals surface area (Å²) in [5.74, 6) is 0. The molecular weight excluding hydrogens is 223 g/mol. The van der Waals surface area contributed by atoms with Crippen molar-refractivity contribution in [3.63, 3.8) is 0 Å². The average Bonchev–Trinajstić information content (AvgIpc) is 1.85. The van der Waals surface area contributed by atoms with E-state index in [4.69, 9.17) is 13.0 Å². The summed E-state index contributed by atoms with van der Waals surface area (Å²) in [5.41, 5.74) is 1.32. The van der Waals surface area contributed by atoms with Gasteiger partial charge >= 0.3 is 38.9 Å². The van der Waals surface area contributed by atoms with Crippen molar-refractivity contribution in [2.45, 2.75) is 6.92 Å². The second kappa shape index (κ2) is 7.79. The van der Waals surface area contributed by atoms with Crippen LogP contribution in [0.25, 0.3) is 0 Å². The predicted octanol–water partition coefficient (Wildman–Crippen LogP) is -0.973. The van der Waals surface area contributed by atoms with E-state index >= 15 is 0 Å². The van der Waals surface area contributed by atoms with Crippen molar-refractivity contribution >= 4 is 20.0 Å². The summed E-state index contributed by atoms with van der Waals surface area (Å²) in [7, 11) is -0.137. The molecule has 0 atom stereocenters. The van der Waals surface area contributed by atoms with Gasteiger partial charge in [0.2, 0.25) is 0 Å². The van der Waals surface area contributed by atoms with Crippen LogP contribution >= 0.6 is 10.7 Å². The second-order valence-corrected chi connectivity index (χ2v) is 4.06. The summed E-state index contributed by atoms with van der Waals surface area (Å²) < 4.78 is 25.2. The molecule has 1 aromatic rings. The first-order valence-electron chi connectivity index (χ1n) is 3.08. The first-order chi connectivity index (χ1) is 5.39. The molecule has 0 fully saturated rings. The Kier molecular flexibility index (Phi) is 9.51. The van der Waals surface area contributed by atoms with Crippen molar-refractivity contribution in [2.24, 2.45) is 0 Å². The zero-order chi connectivity index (χ0) is 9.61. The van der Waals surface area contributed by atoms with Crippen LogP contribution in [0.3, 0.4) is 0 Å². The van der Waals surface area contributed by atoms with Crippen LogP contribution in [0.15, 0.2) is 30.3 Å². The van der Waals surface area contributed by atoms with Gasteiger partial charge in [0.25, 0.3) is 0 Å². The van der Waals surface area contributed by atoms with Gasteiger partial charge < -0.3 is 0 Å². The smallest absolute Gasteiger partial charge is 0.273 e. The normalized spacial score (nSPS) is 9.15. The van der Waals surface area contributed by atoms with Crippen molar-refractivity contribution in [1.82, 2.24) is 0 Å². The molecule has 0 spiro atoms. The summed E-state index contributed by atoms with van der Waals surface area (Å²) in [5, 5.41) is 0. The molecule has 0 radical (unpaired) electrons. The Hall–Kier alpha value is 0.420. The molecule has 6 heteroatoms. The zero-order valence-corrected chi connectivity index (χ0v) is 11.0. The maximum absolute atomic E-state index is 8.95. The van der Waals surface area contributed by atoms with Crippen LogP contribution in [-0.2, 0) is 9.33 Å². The molecule has 0 heterocycles. The zero-order valence-electron chi connectivity index (χ0n) is 7.44. The first-order valence-corrected chi connectivity index (χ1v) is 5.35. The van der Waals surface area contributed by atoms with Crippen LogP contribution in [0, 0.1) is 6.92 Å². The summed E-state index contributed by atoms with van der Waals surface area (Å²) in [6, 6.07) is 10.3. The summed E-state index contributed by atoms with van der Waals surface area (Å²) >= 11 is 0. The van der Waals surface area contributed by atoms with Crippen molar-refractivity contribution in [1.29, 1.82) is 0 Å². The quantitative estimate of drug-likeness (QED) is 0.355. The molecule has 1 aromatic carbocycles. The van der Waals surface area contributed by atoms with Gasteiger partial charge in [-0.15, -0.1) is 0 Å². The number of rotatable bonds is 0. The topological polar surface area (TPSA) is 54.4 Å². The van der Waals surface area contributed by atoms with Gasteiger partial charge in [0.15, 0.2) is 0 Å². The van der Waals surface area contributed by atoms with E-state index in [1.165, 1.54) is 5.56 Å². The molecule has 3 nitrogen and oxygen atoms in total. The molecule has 0 bridgehead atoms. The van der Waals surface area contributed by atoms with Gasteiger partial charge in [-0.2, -0.15) is 8.42 Å². The van der Waals surface area contributed by atoms with Crippen molar-refractivity contribution in [2.75, 3.05) is 0 Å². The molecule has 1 N–H and O–H groups in total. The van der Waals surface area contributed by atoms with Gasteiger partial charge in [0.1, 0.15) is 0 Å². The maximum atomic E-state index is 8.95. The van der Waals surface area contributed by atoms with Crippen LogP contribution in [0.5, 0.6) is 0 Å². The van der Waals surface area contributed by atoms with E-state index in [9.17, 15) is 0 Å². The predicted molar refractivity (Wildman–Crippen MR) is 48.6 cm³/mol. The molecule has 0 unspecified atom stereocenters.